The summed E-state index contributed by atoms with van der Waals surface area (Å²) in [5.74, 6) is -1.47. The van der Waals surface area contributed by atoms with E-state index in [4.69, 9.17) is 10.5 Å². The van der Waals surface area contributed by atoms with E-state index in [0.717, 1.165) is 47.6 Å². The van der Waals surface area contributed by atoms with E-state index in [0.29, 0.717) is 17.7 Å². The summed E-state index contributed by atoms with van der Waals surface area (Å²) in [6.07, 6.45) is 3.70. The minimum absolute atomic E-state index is 0.0361. The fourth-order valence-corrected chi connectivity index (χ4v) is 5.56. The van der Waals surface area contributed by atoms with Crippen LogP contribution in [0, 0.1) is 13.8 Å². The predicted octanol–water partition coefficient (Wildman–Crippen LogP) is 7.09. The molecule has 0 aromatic heterocycles. The highest BCUT2D eigenvalue weighted by atomic mass is 16.6. The van der Waals surface area contributed by atoms with Gasteiger partial charge in [0, 0.05) is 18.7 Å². The van der Waals surface area contributed by atoms with Gasteiger partial charge in [0.25, 0.3) is 5.91 Å². The number of nitrogens with zero attached hydrogens (tertiary/aromatic N) is 1. The van der Waals surface area contributed by atoms with Crippen LogP contribution in [0.1, 0.15) is 95.4 Å². The molecular weight excluding hydrogens is 580 g/mol. The average Bonchev–Trinajstić information content (AvgIpc) is 2.96. The number of anilines is 1. The van der Waals surface area contributed by atoms with Crippen LogP contribution in [-0.4, -0.2) is 46.9 Å². The van der Waals surface area contributed by atoms with E-state index in [1.807, 2.05) is 74.5 Å². The number of rotatable bonds is 15. The standard InChI is InChI=1S/C37H50N4O5/c1-7-8-9-10-13-20-41(35(44)31(18-19-32(38)42)40-36(45)46-37(4,5)6)33(29-22-25(2)21-26(3)23-29)34(43)39-30-17-16-27-14-11-12-15-28(27)24-30/h11-12,14-17,21-24,31,33H,7-10,13,18-20H2,1-6H3,(H2,38,42)(H,39,43)(H,40,45). The predicted molar refractivity (Wildman–Crippen MR) is 183 cm³/mol. The fraction of sp³-hybridized carbons (Fsp3) is 0.459. The number of hydrogen-bond donors (Lipinski definition) is 3. The first kappa shape index (κ1) is 36.1. The number of fused-ring (bicyclic) bond motifs is 1. The number of unbranched alkanes of at least 4 members (excludes halogenated alkanes) is 4. The normalized spacial score (nSPS) is 12.7. The molecule has 3 aromatic carbocycles. The smallest absolute Gasteiger partial charge is 0.408 e. The lowest BCUT2D eigenvalue weighted by molar-refractivity contribution is -0.141. The maximum absolute atomic E-state index is 14.5. The van der Waals surface area contributed by atoms with Crippen LogP contribution in [0.15, 0.2) is 60.7 Å². The van der Waals surface area contributed by atoms with E-state index in [9.17, 15) is 19.2 Å². The van der Waals surface area contributed by atoms with Gasteiger partial charge in [0.15, 0.2) is 0 Å². The molecule has 9 heteroatoms. The number of carbonyl (C=O) groups is 4. The third-order valence-electron chi connectivity index (χ3n) is 7.59. The number of primary amides is 1. The van der Waals surface area contributed by atoms with Crippen molar-refractivity contribution in [2.24, 2.45) is 5.73 Å². The van der Waals surface area contributed by atoms with Crippen molar-refractivity contribution in [3.63, 3.8) is 0 Å². The maximum Gasteiger partial charge on any atom is 0.408 e. The van der Waals surface area contributed by atoms with Gasteiger partial charge < -0.3 is 26.0 Å². The topological polar surface area (TPSA) is 131 Å². The molecule has 3 aromatic rings. The molecule has 0 fully saturated rings. The van der Waals surface area contributed by atoms with Crippen LogP contribution in [0.25, 0.3) is 10.8 Å². The summed E-state index contributed by atoms with van der Waals surface area (Å²) in [7, 11) is 0. The highest BCUT2D eigenvalue weighted by Crippen LogP contribution is 2.28. The number of aryl methyl sites for hydroxylation is 2. The second kappa shape index (κ2) is 16.8. The van der Waals surface area contributed by atoms with E-state index >= 15 is 0 Å². The zero-order chi connectivity index (χ0) is 33.9. The lowest BCUT2D eigenvalue weighted by Gasteiger charge is -2.35. The van der Waals surface area contributed by atoms with Crippen LogP contribution in [0.2, 0.25) is 0 Å². The Bertz CT molecular complexity index is 1490. The maximum atomic E-state index is 14.5. The third kappa shape index (κ3) is 11.2. The molecule has 0 aliphatic rings. The number of nitrogens with one attached hydrogen (secondary N) is 2. The van der Waals surface area contributed by atoms with E-state index in [-0.39, 0.29) is 25.3 Å². The molecule has 2 atom stereocenters. The van der Waals surface area contributed by atoms with Gasteiger partial charge in [-0.3, -0.25) is 14.4 Å². The number of benzene rings is 3. The van der Waals surface area contributed by atoms with Gasteiger partial charge in [0.05, 0.1) is 0 Å². The first-order valence-electron chi connectivity index (χ1n) is 16.2. The quantitative estimate of drug-likeness (QED) is 0.154. The van der Waals surface area contributed by atoms with Crippen LogP contribution in [0.3, 0.4) is 0 Å². The molecule has 9 nitrogen and oxygen atoms in total. The molecule has 0 saturated heterocycles. The Morgan fingerprint density at radius 2 is 1.52 bits per heavy atom. The minimum Gasteiger partial charge on any atom is -0.444 e. The zero-order valence-corrected chi connectivity index (χ0v) is 28.2. The van der Waals surface area contributed by atoms with Gasteiger partial charge in [-0.1, -0.05) is 92.3 Å². The monoisotopic (exact) mass is 630 g/mol. The van der Waals surface area contributed by atoms with Crippen LogP contribution in [-0.2, 0) is 19.1 Å². The molecule has 4 amide bonds. The number of ether oxygens (including phenoxy) is 1. The Morgan fingerprint density at radius 3 is 2.15 bits per heavy atom. The molecule has 0 bridgehead atoms. The molecule has 4 N–H and O–H groups in total. The van der Waals surface area contributed by atoms with Gasteiger partial charge in [-0.2, -0.15) is 0 Å². The summed E-state index contributed by atoms with van der Waals surface area (Å²) in [6.45, 7) is 11.5. The number of carbonyl (C=O) groups excluding carboxylic acids is 4. The molecule has 0 spiro atoms. The van der Waals surface area contributed by atoms with Gasteiger partial charge in [-0.05, 0) is 75.9 Å². The second-order valence-electron chi connectivity index (χ2n) is 13.0. The fourth-order valence-electron chi connectivity index (χ4n) is 5.56. The van der Waals surface area contributed by atoms with Crippen molar-refractivity contribution in [1.29, 1.82) is 0 Å². The number of amides is 4. The molecule has 3 rings (SSSR count). The molecule has 0 aliphatic heterocycles. The van der Waals surface area contributed by atoms with Gasteiger partial charge in [0.1, 0.15) is 17.7 Å². The Kier molecular flexibility index (Phi) is 13.2. The first-order valence-corrected chi connectivity index (χ1v) is 16.2. The molecule has 248 valence electrons. The molecule has 46 heavy (non-hydrogen) atoms. The summed E-state index contributed by atoms with van der Waals surface area (Å²) < 4.78 is 5.45. The Morgan fingerprint density at radius 1 is 0.870 bits per heavy atom. The van der Waals surface area contributed by atoms with Gasteiger partial charge in [-0.15, -0.1) is 0 Å². The summed E-state index contributed by atoms with van der Waals surface area (Å²) in [4.78, 5) is 55.1. The SMILES string of the molecule is CCCCCCCN(C(=O)C(CCC(N)=O)NC(=O)OC(C)(C)C)C(C(=O)Nc1ccc2ccccc2c1)c1cc(C)cc(C)c1. The van der Waals surface area contributed by atoms with Crippen molar-refractivity contribution in [2.45, 2.75) is 104 Å². The van der Waals surface area contributed by atoms with Gasteiger partial charge in [0.2, 0.25) is 11.8 Å². The minimum atomic E-state index is -1.14. The largest absolute Gasteiger partial charge is 0.444 e. The molecule has 0 aliphatic carbocycles. The molecule has 0 radical (unpaired) electrons. The highest BCUT2D eigenvalue weighted by molar-refractivity contribution is 6.00. The lowest BCUT2D eigenvalue weighted by Crippen LogP contribution is -2.52. The second-order valence-corrected chi connectivity index (χ2v) is 13.0. The lowest BCUT2D eigenvalue weighted by atomic mass is 9.97. The van der Waals surface area contributed by atoms with Crippen LogP contribution in [0.5, 0.6) is 0 Å². The Hall–Kier alpha value is -4.40. The van der Waals surface area contributed by atoms with Crippen molar-refractivity contribution in [2.75, 3.05) is 11.9 Å². The number of alkyl carbamates (subject to hydrolysis) is 1. The third-order valence-corrected chi connectivity index (χ3v) is 7.59. The van der Waals surface area contributed by atoms with Crippen LogP contribution < -0.4 is 16.4 Å². The van der Waals surface area contributed by atoms with E-state index < -0.39 is 35.6 Å². The van der Waals surface area contributed by atoms with E-state index in [2.05, 4.69) is 17.6 Å². The van der Waals surface area contributed by atoms with E-state index in [1.54, 1.807) is 25.7 Å². The van der Waals surface area contributed by atoms with Crippen molar-refractivity contribution in [3.8, 4) is 0 Å². The molecular formula is C37H50N4O5. The van der Waals surface area contributed by atoms with Crippen LogP contribution in [0.4, 0.5) is 10.5 Å². The number of nitrogens with two attached hydrogens (primary N) is 1. The van der Waals surface area contributed by atoms with Crippen molar-refractivity contribution >= 4 is 40.3 Å². The first-order chi connectivity index (χ1) is 21.8. The van der Waals surface area contributed by atoms with Crippen molar-refractivity contribution < 1.29 is 23.9 Å². The average molecular weight is 631 g/mol. The number of hydrogen-bond acceptors (Lipinski definition) is 5. The zero-order valence-electron chi connectivity index (χ0n) is 28.2. The molecule has 2 unspecified atom stereocenters. The van der Waals surface area contributed by atoms with E-state index in [1.165, 1.54) is 0 Å². The summed E-state index contributed by atoms with van der Waals surface area (Å²) in [6, 6.07) is 17.2. The molecule has 0 saturated carbocycles. The summed E-state index contributed by atoms with van der Waals surface area (Å²) in [5.41, 5.74) is 7.82. The van der Waals surface area contributed by atoms with Gasteiger partial charge >= 0.3 is 6.09 Å². The Balaban J connectivity index is 2.07. The summed E-state index contributed by atoms with van der Waals surface area (Å²) in [5, 5.41) is 7.74. The van der Waals surface area contributed by atoms with Gasteiger partial charge in [-0.25, -0.2) is 4.79 Å². The molecule has 0 heterocycles. The summed E-state index contributed by atoms with van der Waals surface area (Å²) >= 11 is 0. The van der Waals surface area contributed by atoms with Crippen LogP contribution >= 0.6 is 0 Å². The van der Waals surface area contributed by atoms with Crippen molar-refractivity contribution in [3.05, 3.63) is 77.4 Å². The van der Waals surface area contributed by atoms with Crippen molar-refractivity contribution in [1.82, 2.24) is 10.2 Å². The highest BCUT2D eigenvalue weighted by Gasteiger charge is 2.36. The Labute approximate surface area is 273 Å².